The topological polar surface area (TPSA) is 20.3 Å². The van der Waals surface area contributed by atoms with Crippen molar-refractivity contribution >= 4 is 23.3 Å². The predicted octanol–water partition coefficient (Wildman–Crippen LogP) is 3.58. The number of hydrogen-bond donors (Lipinski definition) is 0. The fourth-order valence-corrected chi connectivity index (χ4v) is 3.39. The Morgan fingerprint density at radius 2 is 2.19 bits per heavy atom. The number of carbonyl (C=O) groups excluding carboxylic acids is 1. The summed E-state index contributed by atoms with van der Waals surface area (Å²) in [5.41, 5.74) is 1.20. The lowest BCUT2D eigenvalue weighted by Crippen LogP contribution is -2.38. The van der Waals surface area contributed by atoms with Crippen molar-refractivity contribution in [1.82, 2.24) is 0 Å². The van der Waals surface area contributed by atoms with Crippen LogP contribution < -0.4 is 4.90 Å². The minimum absolute atomic E-state index is 0.642. The van der Waals surface area contributed by atoms with Crippen LogP contribution in [-0.4, -0.2) is 19.4 Å². The smallest absolute Gasteiger partial charge is 0.160 e. The minimum atomic E-state index is 0.642. The lowest BCUT2D eigenvalue weighted by atomic mass is 9.85. The summed E-state index contributed by atoms with van der Waals surface area (Å²) in [5.74, 6) is 0.762. The zero-order valence-corrected chi connectivity index (χ0v) is 10.8. The van der Waals surface area contributed by atoms with Crippen molar-refractivity contribution in [1.29, 1.82) is 0 Å². The van der Waals surface area contributed by atoms with Gasteiger partial charge >= 0.3 is 0 Å². The third kappa shape index (κ3) is 2.29. The Kier molecular flexibility index (Phi) is 3.64. The van der Waals surface area contributed by atoms with E-state index < -0.39 is 0 Å². The molecular formula is C13H19NOS. The molecule has 2 unspecified atom stereocenters. The minimum Gasteiger partial charge on any atom is -0.371 e. The average Bonchev–Trinajstić information content (AvgIpc) is 2.77. The van der Waals surface area contributed by atoms with Gasteiger partial charge in [0.25, 0.3) is 0 Å². The number of thiophene rings is 1. The lowest BCUT2D eigenvalue weighted by molar-refractivity contribution is 0.112. The van der Waals surface area contributed by atoms with Crippen molar-refractivity contribution in [2.45, 2.75) is 38.6 Å². The van der Waals surface area contributed by atoms with Gasteiger partial charge in [0.15, 0.2) is 6.29 Å². The van der Waals surface area contributed by atoms with Crippen LogP contribution in [-0.2, 0) is 0 Å². The molecule has 0 N–H and O–H groups in total. The number of anilines is 1. The molecule has 1 aliphatic carbocycles. The first-order valence-corrected chi connectivity index (χ1v) is 6.87. The van der Waals surface area contributed by atoms with Gasteiger partial charge in [-0.1, -0.05) is 19.8 Å². The molecular weight excluding hydrogens is 218 g/mol. The fraction of sp³-hybridized carbons (Fsp3) is 0.615. The highest BCUT2D eigenvalue weighted by Crippen LogP contribution is 2.32. The first-order valence-electron chi connectivity index (χ1n) is 5.99. The van der Waals surface area contributed by atoms with Crippen molar-refractivity contribution in [3.05, 3.63) is 16.3 Å². The quantitative estimate of drug-likeness (QED) is 0.749. The Bertz CT molecular complexity index is 361. The highest BCUT2D eigenvalue weighted by atomic mass is 32.1. The molecule has 0 radical (unpaired) electrons. The van der Waals surface area contributed by atoms with E-state index in [0.29, 0.717) is 6.04 Å². The van der Waals surface area contributed by atoms with E-state index in [4.69, 9.17) is 0 Å². The van der Waals surface area contributed by atoms with Crippen molar-refractivity contribution in [3.63, 3.8) is 0 Å². The zero-order chi connectivity index (χ0) is 11.5. The molecule has 1 aromatic heterocycles. The Morgan fingerprint density at radius 3 is 2.81 bits per heavy atom. The van der Waals surface area contributed by atoms with Crippen molar-refractivity contribution in [2.24, 2.45) is 5.92 Å². The van der Waals surface area contributed by atoms with Gasteiger partial charge in [-0.3, -0.25) is 4.79 Å². The van der Waals surface area contributed by atoms with E-state index in [1.54, 1.807) is 0 Å². The van der Waals surface area contributed by atoms with Crippen LogP contribution in [0, 0.1) is 5.92 Å². The van der Waals surface area contributed by atoms with Gasteiger partial charge in [0.05, 0.1) is 4.88 Å². The Morgan fingerprint density at radius 1 is 1.44 bits per heavy atom. The normalized spacial score (nSPS) is 25.4. The molecule has 0 spiro atoms. The molecule has 2 atom stereocenters. The average molecular weight is 237 g/mol. The predicted molar refractivity (Wildman–Crippen MR) is 69.5 cm³/mol. The van der Waals surface area contributed by atoms with E-state index in [-0.39, 0.29) is 0 Å². The monoisotopic (exact) mass is 237 g/mol. The zero-order valence-electron chi connectivity index (χ0n) is 9.98. The molecule has 0 saturated heterocycles. The Hall–Kier alpha value is -0.830. The second-order valence-corrected chi connectivity index (χ2v) is 5.71. The van der Waals surface area contributed by atoms with Gasteiger partial charge in [0.1, 0.15) is 0 Å². The van der Waals surface area contributed by atoms with Gasteiger partial charge in [-0.2, -0.15) is 0 Å². The van der Waals surface area contributed by atoms with Gasteiger partial charge in [-0.25, -0.2) is 0 Å². The van der Waals surface area contributed by atoms with Gasteiger partial charge in [0.2, 0.25) is 0 Å². The summed E-state index contributed by atoms with van der Waals surface area (Å²) < 4.78 is 0. The molecule has 2 nitrogen and oxygen atoms in total. The van der Waals surface area contributed by atoms with Gasteiger partial charge in [-0.15, -0.1) is 11.3 Å². The third-order valence-corrected chi connectivity index (χ3v) is 4.54. The molecule has 1 saturated carbocycles. The molecule has 1 aromatic rings. The second kappa shape index (κ2) is 5.00. The van der Waals surface area contributed by atoms with Crippen molar-refractivity contribution < 1.29 is 4.79 Å². The maximum atomic E-state index is 10.7. The fourth-order valence-electron chi connectivity index (χ4n) is 2.65. The van der Waals surface area contributed by atoms with Gasteiger partial charge in [-0.05, 0) is 24.8 Å². The molecule has 2 rings (SSSR count). The molecule has 1 heterocycles. The van der Waals surface area contributed by atoms with Crippen LogP contribution >= 0.6 is 11.3 Å². The summed E-state index contributed by atoms with van der Waals surface area (Å²) in [6.45, 7) is 2.34. The molecule has 0 amide bonds. The Balaban J connectivity index is 2.10. The van der Waals surface area contributed by atoms with Crippen LogP contribution in [0.2, 0.25) is 0 Å². The number of hydrogen-bond acceptors (Lipinski definition) is 3. The number of aldehydes is 1. The number of nitrogens with zero attached hydrogens (tertiary/aromatic N) is 1. The standard InChI is InChI=1S/C13H19NOS/c1-10-5-3-4-6-13(10)14(2)11-7-12(8-15)16-9-11/h7-10,13H,3-6H2,1-2H3. The summed E-state index contributed by atoms with van der Waals surface area (Å²) in [4.78, 5) is 13.9. The van der Waals surface area contributed by atoms with E-state index in [0.717, 1.165) is 17.1 Å². The molecule has 1 aliphatic rings. The van der Waals surface area contributed by atoms with Crippen LogP contribution in [0.15, 0.2) is 11.4 Å². The molecule has 3 heteroatoms. The van der Waals surface area contributed by atoms with E-state index in [2.05, 4.69) is 24.3 Å². The molecule has 1 fully saturated rings. The van der Waals surface area contributed by atoms with E-state index in [1.165, 1.54) is 42.7 Å². The SMILES string of the molecule is CC1CCCCC1N(C)c1csc(C=O)c1. The highest BCUT2D eigenvalue weighted by molar-refractivity contribution is 7.12. The molecule has 0 bridgehead atoms. The largest absolute Gasteiger partial charge is 0.371 e. The number of rotatable bonds is 3. The highest BCUT2D eigenvalue weighted by Gasteiger charge is 2.25. The molecule has 0 aromatic carbocycles. The van der Waals surface area contributed by atoms with E-state index in [1.807, 2.05) is 6.07 Å². The summed E-state index contributed by atoms with van der Waals surface area (Å²) in [6.07, 6.45) is 6.26. The maximum absolute atomic E-state index is 10.7. The Labute approximate surface area is 101 Å². The molecule has 88 valence electrons. The molecule has 0 aliphatic heterocycles. The second-order valence-electron chi connectivity index (χ2n) is 4.77. The summed E-state index contributed by atoms with van der Waals surface area (Å²) in [5, 5.41) is 2.09. The summed E-state index contributed by atoms with van der Waals surface area (Å²) >= 11 is 1.53. The van der Waals surface area contributed by atoms with Crippen LogP contribution in [0.3, 0.4) is 0 Å². The number of carbonyl (C=O) groups is 1. The van der Waals surface area contributed by atoms with Crippen LogP contribution in [0.4, 0.5) is 5.69 Å². The lowest BCUT2D eigenvalue weighted by Gasteiger charge is -2.37. The summed E-state index contributed by atoms with van der Waals surface area (Å²) in [7, 11) is 2.16. The van der Waals surface area contributed by atoms with Gasteiger partial charge in [0, 0.05) is 24.2 Å². The van der Waals surface area contributed by atoms with Crippen LogP contribution in [0.25, 0.3) is 0 Å². The summed E-state index contributed by atoms with van der Waals surface area (Å²) in [6, 6.07) is 2.64. The van der Waals surface area contributed by atoms with E-state index >= 15 is 0 Å². The third-order valence-electron chi connectivity index (χ3n) is 3.69. The van der Waals surface area contributed by atoms with Crippen LogP contribution in [0.5, 0.6) is 0 Å². The van der Waals surface area contributed by atoms with Crippen molar-refractivity contribution in [2.75, 3.05) is 11.9 Å². The van der Waals surface area contributed by atoms with E-state index in [9.17, 15) is 4.79 Å². The molecule has 16 heavy (non-hydrogen) atoms. The van der Waals surface area contributed by atoms with Gasteiger partial charge < -0.3 is 4.90 Å². The van der Waals surface area contributed by atoms with Crippen LogP contribution in [0.1, 0.15) is 42.3 Å². The van der Waals surface area contributed by atoms with Crippen molar-refractivity contribution in [3.8, 4) is 0 Å². The maximum Gasteiger partial charge on any atom is 0.160 e. The first kappa shape index (κ1) is 11.6. The first-order chi connectivity index (χ1) is 7.72.